The van der Waals surface area contributed by atoms with Crippen LogP contribution >= 0.6 is 0 Å². The van der Waals surface area contributed by atoms with E-state index in [1.165, 1.54) is 0 Å². The quantitative estimate of drug-likeness (QED) is 0.608. The Kier molecular flexibility index (Phi) is 4.72. The Morgan fingerprint density at radius 1 is 0.971 bits per heavy atom. The molecule has 1 amide bonds. The topological polar surface area (TPSA) is 90.3 Å². The molecule has 0 saturated carbocycles. The summed E-state index contributed by atoms with van der Waals surface area (Å²) in [6.45, 7) is 3.63. The Morgan fingerprint density at radius 3 is 2.34 bits per heavy atom. The van der Waals surface area contributed by atoms with E-state index in [0.717, 1.165) is 11.1 Å². The molecule has 0 unspecified atom stereocenters. The van der Waals surface area contributed by atoms with E-state index in [0.29, 0.717) is 17.1 Å². The third-order valence-electron chi connectivity index (χ3n) is 7.45. The second-order valence-corrected chi connectivity index (χ2v) is 11.2. The lowest BCUT2D eigenvalue weighted by Gasteiger charge is -2.44. The highest BCUT2D eigenvalue weighted by molar-refractivity contribution is 7.90. The van der Waals surface area contributed by atoms with Crippen LogP contribution in [0.4, 0.5) is 5.69 Å². The molecule has 0 bridgehead atoms. The van der Waals surface area contributed by atoms with Crippen molar-refractivity contribution in [3.8, 4) is 0 Å². The Bertz CT molecular complexity index is 1470. The van der Waals surface area contributed by atoms with Gasteiger partial charge in [-0.1, -0.05) is 66.2 Å². The minimum absolute atomic E-state index is 0.0964. The van der Waals surface area contributed by atoms with Crippen molar-refractivity contribution >= 4 is 27.5 Å². The fourth-order valence-corrected chi connectivity index (χ4v) is 6.76. The third kappa shape index (κ3) is 3.17. The number of amidine groups is 1. The van der Waals surface area contributed by atoms with Crippen LogP contribution in [0.2, 0.25) is 0 Å². The molecule has 3 heterocycles. The first-order valence-corrected chi connectivity index (χ1v) is 13.0. The van der Waals surface area contributed by atoms with Gasteiger partial charge in [-0.25, -0.2) is 0 Å². The number of fused-ring (bicyclic) bond motifs is 2. The minimum Gasteiger partial charge on any atom is -0.385 e. The largest absolute Gasteiger partial charge is 0.385 e. The lowest BCUT2D eigenvalue weighted by molar-refractivity contribution is -0.119. The standard InChI is InChI=1S/C27H25N3O4S/c1-17-12-14-19(15-13-17)35(33,34)28-23-16-21-25-29(22-11-7-6-10-20(22)27(21,2)32)26(31)24(30(23)25)18-8-4-3-5-9-18/h3-15,21,24-25,32H,16H2,1-2H3/b28-23+/t21-,24+,25+,27+/m0/s1. The predicted octanol–water partition coefficient (Wildman–Crippen LogP) is 3.74. The third-order valence-corrected chi connectivity index (χ3v) is 8.77. The van der Waals surface area contributed by atoms with Crippen LogP contribution in [0, 0.1) is 12.8 Å². The van der Waals surface area contributed by atoms with E-state index in [1.807, 2.05) is 61.5 Å². The van der Waals surface area contributed by atoms with Gasteiger partial charge in [0.05, 0.1) is 16.2 Å². The first-order chi connectivity index (χ1) is 16.7. The number of amides is 1. The highest BCUT2D eigenvalue weighted by Crippen LogP contribution is 2.56. The number of anilines is 1. The van der Waals surface area contributed by atoms with Crippen molar-refractivity contribution in [1.29, 1.82) is 0 Å². The molecule has 6 rings (SSSR count). The van der Waals surface area contributed by atoms with Crippen molar-refractivity contribution in [3.63, 3.8) is 0 Å². The number of hydrogen-bond acceptors (Lipinski definition) is 4. The van der Waals surface area contributed by atoms with Gasteiger partial charge in [0.1, 0.15) is 18.0 Å². The number of benzene rings is 3. The van der Waals surface area contributed by atoms with Gasteiger partial charge in [-0.15, -0.1) is 4.40 Å². The average Bonchev–Trinajstić information content (AvgIpc) is 3.34. The molecular weight excluding hydrogens is 462 g/mol. The van der Waals surface area contributed by atoms with Crippen molar-refractivity contribution in [2.24, 2.45) is 10.3 Å². The molecule has 0 spiro atoms. The molecule has 4 atom stereocenters. The van der Waals surface area contributed by atoms with E-state index in [1.54, 1.807) is 41.0 Å². The number of sulfonamides is 1. The number of carbonyl (C=O) groups is 1. The summed E-state index contributed by atoms with van der Waals surface area (Å²) in [5, 5.41) is 11.7. The number of nitrogens with zero attached hydrogens (tertiary/aromatic N) is 3. The van der Waals surface area contributed by atoms with Gasteiger partial charge in [-0.3, -0.25) is 9.69 Å². The maximum absolute atomic E-state index is 13.9. The average molecular weight is 488 g/mol. The van der Waals surface area contributed by atoms with Crippen LogP contribution in [-0.2, 0) is 20.4 Å². The number of hydrogen-bond donors (Lipinski definition) is 1. The molecule has 178 valence electrons. The van der Waals surface area contributed by atoms with Crippen molar-refractivity contribution in [2.75, 3.05) is 4.90 Å². The number of aliphatic hydroxyl groups is 1. The summed E-state index contributed by atoms with van der Waals surface area (Å²) < 4.78 is 30.9. The summed E-state index contributed by atoms with van der Waals surface area (Å²) in [6.07, 6.45) is -0.311. The minimum atomic E-state index is -4.02. The Balaban J connectivity index is 1.55. The fraction of sp³-hybridized carbons (Fsp3) is 0.259. The van der Waals surface area contributed by atoms with Crippen LogP contribution in [0.25, 0.3) is 0 Å². The van der Waals surface area contributed by atoms with Crippen LogP contribution in [0.15, 0.2) is 88.2 Å². The van der Waals surface area contributed by atoms with E-state index in [9.17, 15) is 18.3 Å². The molecule has 3 aliphatic rings. The fourth-order valence-electron chi connectivity index (χ4n) is 5.73. The van der Waals surface area contributed by atoms with Gasteiger partial charge in [-0.05, 0) is 37.6 Å². The van der Waals surface area contributed by atoms with E-state index in [4.69, 9.17) is 0 Å². The summed E-state index contributed by atoms with van der Waals surface area (Å²) in [5.41, 5.74) is 1.74. The number of para-hydroxylation sites is 1. The van der Waals surface area contributed by atoms with Crippen molar-refractivity contribution in [1.82, 2.24) is 4.90 Å². The first-order valence-electron chi connectivity index (χ1n) is 11.6. The lowest BCUT2D eigenvalue weighted by atomic mass is 9.76. The molecule has 7 nitrogen and oxygen atoms in total. The van der Waals surface area contributed by atoms with Gasteiger partial charge in [0.2, 0.25) is 0 Å². The van der Waals surface area contributed by atoms with Crippen molar-refractivity contribution in [3.05, 3.63) is 95.6 Å². The number of carbonyl (C=O) groups excluding carboxylic acids is 1. The van der Waals surface area contributed by atoms with Gasteiger partial charge >= 0.3 is 0 Å². The summed E-state index contributed by atoms with van der Waals surface area (Å²) in [5.74, 6) is -0.310. The van der Waals surface area contributed by atoms with Crippen molar-refractivity contribution < 1.29 is 18.3 Å². The molecule has 0 aliphatic carbocycles. The van der Waals surface area contributed by atoms with Crippen LogP contribution in [-0.4, -0.2) is 36.3 Å². The zero-order valence-electron chi connectivity index (χ0n) is 19.4. The molecule has 3 aromatic carbocycles. The van der Waals surface area contributed by atoms with Crippen LogP contribution in [0.1, 0.15) is 36.1 Å². The van der Waals surface area contributed by atoms with E-state index in [-0.39, 0.29) is 17.2 Å². The SMILES string of the molecule is Cc1ccc(S(=O)(=O)/N=C2\C[C@H]3[C@@H]4N(C(=O)[C@@H](c5ccccc5)N24)c2ccccc2[C@@]3(C)O)cc1. The summed E-state index contributed by atoms with van der Waals surface area (Å²) in [7, 11) is -4.02. The summed E-state index contributed by atoms with van der Waals surface area (Å²) in [6, 6.07) is 22.5. The number of aryl methyl sites for hydroxylation is 1. The van der Waals surface area contributed by atoms with Gasteiger partial charge in [0, 0.05) is 17.9 Å². The number of rotatable bonds is 3. The maximum atomic E-state index is 13.9. The highest BCUT2D eigenvalue weighted by atomic mass is 32.2. The van der Waals surface area contributed by atoms with Gasteiger partial charge < -0.3 is 10.0 Å². The summed E-state index contributed by atoms with van der Waals surface area (Å²) >= 11 is 0. The van der Waals surface area contributed by atoms with E-state index < -0.39 is 33.7 Å². The molecule has 0 aromatic heterocycles. The zero-order valence-corrected chi connectivity index (χ0v) is 20.2. The predicted molar refractivity (Wildman–Crippen MR) is 132 cm³/mol. The van der Waals surface area contributed by atoms with E-state index >= 15 is 0 Å². The van der Waals surface area contributed by atoms with Crippen LogP contribution < -0.4 is 4.90 Å². The monoisotopic (exact) mass is 487 g/mol. The Labute approximate surface area is 204 Å². The van der Waals surface area contributed by atoms with Crippen LogP contribution in [0.3, 0.4) is 0 Å². The molecule has 1 N–H and O–H groups in total. The highest BCUT2D eigenvalue weighted by Gasteiger charge is 2.63. The smallest absolute Gasteiger partial charge is 0.283 e. The molecule has 8 heteroatoms. The van der Waals surface area contributed by atoms with Crippen molar-refractivity contribution in [2.45, 2.75) is 43.0 Å². The van der Waals surface area contributed by atoms with Gasteiger partial charge in [0.15, 0.2) is 0 Å². The van der Waals surface area contributed by atoms with E-state index in [2.05, 4.69) is 4.40 Å². The normalized spacial score (nSPS) is 28.4. The second-order valence-electron chi connectivity index (χ2n) is 9.61. The van der Waals surface area contributed by atoms with Gasteiger partial charge in [0.25, 0.3) is 15.9 Å². The molecule has 0 radical (unpaired) electrons. The molecule has 3 aliphatic heterocycles. The van der Waals surface area contributed by atoms with Gasteiger partial charge in [-0.2, -0.15) is 8.42 Å². The first kappa shape index (κ1) is 22.0. The lowest BCUT2D eigenvalue weighted by Crippen LogP contribution is -2.52. The Morgan fingerprint density at radius 2 is 1.63 bits per heavy atom. The molecule has 35 heavy (non-hydrogen) atoms. The molecule has 3 aromatic rings. The zero-order chi connectivity index (χ0) is 24.5. The molecule has 2 saturated heterocycles. The Hall–Kier alpha value is -3.49. The molecular formula is C27H25N3O4S. The molecule has 2 fully saturated rings. The van der Waals surface area contributed by atoms with Crippen LogP contribution in [0.5, 0.6) is 0 Å². The summed E-state index contributed by atoms with van der Waals surface area (Å²) in [4.78, 5) is 17.5. The maximum Gasteiger partial charge on any atom is 0.283 e. The second kappa shape index (κ2) is 7.50.